The van der Waals surface area contributed by atoms with Gasteiger partial charge >= 0.3 is 0 Å². The third-order valence-electron chi connectivity index (χ3n) is 5.61. The Morgan fingerprint density at radius 1 is 0.480 bits per heavy atom. The van der Waals surface area contributed by atoms with Crippen LogP contribution in [0.4, 0.5) is 0 Å². The second-order valence-corrected chi connectivity index (χ2v) is 8.94. The average molecular weight is 421 g/mol. The fourth-order valence-corrected chi connectivity index (χ4v) is 3.83. The predicted octanol–water partition coefficient (Wildman–Crippen LogP) is 4.74. The molecule has 0 spiro atoms. The summed E-state index contributed by atoms with van der Waals surface area (Å²) in [5.74, 6) is 0. The fraction of sp³-hybridized carbons (Fsp3) is 1.00. The number of hydrogen-bond acceptors (Lipinski definition) is 0. The third kappa shape index (κ3) is 19.0. The molecule has 0 aliphatic heterocycles. The van der Waals surface area contributed by atoms with E-state index in [1.165, 1.54) is 109 Å². The van der Waals surface area contributed by atoms with Gasteiger partial charge in [0.15, 0.2) is 0 Å². The van der Waals surface area contributed by atoms with Gasteiger partial charge in [-0.2, -0.15) is 0 Å². The lowest BCUT2D eigenvalue weighted by atomic mass is 10.00. The molecule has 0 aromatic carbocycles. The topological polar surface area (TPSA) is 0 Å². The average Bonchev–Trinajstić information content (AvgIpc) is 2.53. The molecule has 0 aromatic heterocycles. The summed E-state index contributed by atoms with van der Waals surface area (Å²) in [4.78, 5) is 0. The smallest absolute Gasteiger partial charge is 0.0884 e. The molecule has 0 saturated carbocycles. The quantitative estimate of drug-likeness (QED) is 0.222. The number of hydrogen-bond donors (Lipinski definition) is 0. The highest BCUT2D eigenvalue weighted by Crippen LogP contribution is 2.18. The van der Waals surface area contributed by atoms with E-state index in [1.54, 1.807) is 0 Å². The minimum Gasteiger partial charge on any atom is -1.00 e. The first-order valence-electron chi connectivity index (χ1n) is 11.3. The van der Waals surface area contributed by atoms with Crippen LogP contribution < -0.4 is 17.0 Å². The summed E-state index contributed by atoms with van der Waals surface area (Å²) in [6.45, 7) is 4.63. The number of halogens is 1. The maximum Gasteiger partial charge on any atom is 0.0884 e. The van der Waals surface area contributed by atoms with Crippen LogP contribution >= 0.6 is 0 Å². The first-order valence-corrected chi connectivity index (χ1v) is 11.3. The molecule has 0 aliphatic carbocycles. The van der Waals surface area contributed by atoms with Gasteiger partial charge in [-0.15, -0.1) is 0 Å². The molecule has 0 rings (SSSR count). The Morgan fingerprint density at radius 3 is 1.16 bits per heavy atom. The number of nitrogens with zero attached hydrogens (tertiary/aromatic N) is 1. The molecule has 0 amide bonds. The Balaban J connectivity index is 0. The molecule has 1 nitrogen and oxygen atoms in total. The van der Waals surface area contributed by atoms with Gasteiger partial charge in [-0.05, 0) is 19.3 Å². The molecule has 2 heteroatoms. The van der Waals surface area contributed by atoms with Crippen molar-refractivity contribution in [2.75, 3.05) is 21.1 Å². The highest BCUT2D eigenvalue weighted by atomic mass is 79.9. The van der Waals surface area contributed by atoms with Gasteiger partial charge in [-0.1, -0.05) is 104 Å². The third-order valence-corrected chi connectivity index (χ3v) is 5.61. The molecule has 0 radical (unpaired) electrons. The molecular weight excluding hydrogens is 370 g/mol. The standard InChI is InChI=1S/C23H50N.BrH/c1-6-8-9-10-11-12-13-14-15-16-17-18-19-20-22-23(21-7-2)24(3,4)5;/h23H,6-22H2,1-5H3;1H/q+1;/p-1. The molecule has 0 aliphatic rings. The van der Waals surface area contributed by atoms with E-state index in [-0.39, 0.29) is 17.0 Å². The Hall–Kier alpha value is 0.440. The van der Waals surface area contributed by atoms with Crippen molar-refractivity contribution < 1.29 is 21.5 Å². The van der Waals surface area contributed by atoms with E-state index in [1.807, 2.05) is 0 Å². The van der Waals surface area contributed by atoms with Crippen LogP contribution in [0.2, 0.25) is 0 Å². The van der Waals surface area contributed by atoms with E-state index >= 15 is 0 Å². The Kier molecular flexibility index (Phi) is 21.2. The first kappa shape index (κ1) is 27.7. The Morgan fingerprint density at radius 2 is 0.840 bits per heavy atom. The number of quaternary nitrogens is 1. The molecule has 1 atom stereocenters. The second-order valence-electron chi connectivity index (χ2n) is 8.94. The summed E-state index contributed by atoms with van der Waals surface area (Å²) in [6.07, 6.45) is 24.6. The SMILES string of the molecule is CCCCCCCCCCCCCCCCC(CCC)[N+](C)(C)C.[Br-]. The zero-order valence-electron chi connectivity index (χ0n) is 18.4. The van der Waals surface area contributed by atoms with Crippen molar-refractivity contribution in [3.8, 4) is 0 Å². The molecule has 0 heterocycles. The Bertz CT molecular complexity index is 247. The highest BCUT2D eigenvalue weighted by Gasteiger charge is 2.21. The van der Waals surface area contributed by atoms with Gasteiger partial charge in [-0.3, -0.25) is 0 Å². The molecule has 0 N–H and O–H groups in total. The van der Waals surface area contributed by atoms with Crippen LogP contribution in [0.25, 0.3) is 0 Å². The molecular formula is C23H50BrN. The van der Waals surface area contributed by atoms with Crippen molar-refractivity contribution in [3.05, 3.63) is 0 Å². The van der Waals surface area contributed by atoms with E-state index < -0.39 is 0 Å². The predicted molar refractivity (Wildman–Crippen MR) is 112 cm³/mol. The largest absolute Gasteiger partial charge is 1.00 e. The maximum absolute atomic E-state index is 2.37. The van der Waals surface area contributed by atoms with Crippen LogP contribution in [0, 0.1) is 0 Å². The van der Waals surface area contributed by atoms with Crippen molar-refractivity contribution in [2.45, 2.75) is 129 Å². The zero-order valence-corrected chi connectivity index (χ0v) is 20.0. The van der Waals surface area contributed by atoms with Gasteiger partial charge in [0, 0.05) is 0 Å². The molecule has 154 valence electrons. The maximum atomic E-state index is 2.37. The van der Waals surface area contributed by atoms with Gasteiger partial charge in [0.25, 0.3) is 0 Å². The summed E-state index contributed by atoms with van der Waals surface area (Å²) in [6, 6.07) is 0.868. The fourth-order valence-electron chi connectivity index (χ4n) is 3.83. The van der Waals surface area contributed by atoms with Crippen LogP contribution in [-0.4, -0.2) is 31.7 Å². The Labute approximate surface area is 171 Å². The van der Waals surface area contributed by atoms with Crippen molar-refractivity contribution >= 4 is 0 Å². The van der Waals surface area contributed by atoms with E-state index in [2.05, 4.69) is 35.0 Å². The van der Waals surface area contributed by atoms with Gasteiger partial charge in [-0.25, -0.2) is 0 Å². The van der Waals surface area contributed by atoms with Crippen molar-refractivity contribution in [2.24, 2.45) is 0 Å². The molecule has 0 bridgehead atoms. The molecule has 25 heavy (non-hydrogen) atoms. The van der Waals surface area contributed by atoms with Crippen LogP contribution in [0.15, 0.2) is 0 Å². The summed E-state index contributed by atoms with van der Waals surface area (Å²) < 4.78 is 1.15. The molecule has 0 aromatic rings. The minimum atomic E-state index is 0. The van der Waals surface area contributed by atoms with E-state index in [0.717, 1.165) is 10.5 Å². The summed E-state index contributed by atoms with van der Waals surface area (Å²) in [7, 11) is 7.10. The van der Waals surface area contributed by atoms with Crippen LogP contribution in [0.1, 0.15) is 123 Å². The van der Waals surface area contributed by atoms with Crippen molar-refractivity contribution in [3.63, 3.8) is 0 Å². The monoisotopic (exact) mass is 419 g/mol. The zero-order chi connectivity index (χ0) is 18.1. The van der Waals surface area contributed by atoms with Gasteiger partial charge in [0.2, 0.25) is 0 Å². The van der Waals surface area contributed by atoms with E-state index in [9.17, 15) is 0 Å². The lowest BCUT2D eigenvalue weighted by Gasteiger charge is -2.34. The van der Waals surface area contributed by atoms with Crippen molar-refractivity contribution in [1.82, 2.24) is 0 Å². The van der Waals surface area contributed by atoms with Gasteiger partial charge < -0.3 is 21.5 Å². The van der Waals surface area contributed by atoms with E-state index in [4.69, 9.17) is 0 Å². The summed E-state index contributed by atoms with van der Waals surface area (Å²) in [5.41, 5.74) is 0. The van der Waals surface area contributed by atoms with Gasteiger partial charge in [0.1, 0.15) is 0 Å². The van der Waals surface area contributed by atoms with Gasteiger partial charge in [0.05, 0.1) is 27.2 Å². The second kappa shape index (κ2) is 19.2. The lowest BCUT2D eigenvalue weighted by molar-refractivity contribution is -0.896. The van der Waals surface area contributed by atoms with Crippen molar-refractivity contribution in [1.29, 1.82) is 0 Å². The highest BCUT2D eigenvalue weighted by molar-refractivity contribution is 4.58. The van der Waals surface area contributed by atoms with E-state index in [0.29, 0.717) is 0 Å². The molecule has 1 unspecified atom stereocenters. The summed E-state index contributed by atoms with van der Waals surface area (Å²) in [5, 5.41) is 0. The minimum absolute atomic E-state index is 0. The van der Waals surface area contributed by atoms with Crippen LogP contribution in [-0.2, 0) is 0 Å². The van der Waals surface area contributed by atoms with Crippen LogP contribution in [0.5, 0.6) is 0 Å². The molecule has 0 saturated heterocycles. The normalized spacial score (nSPS) is 12.8. The first-order chi connectivity index (χ1) is 11.5. The lowest BCUT2D eigenvalue weighted by Crippen LogP contribution is -3.00. The number of rotatable bonds is 18. The van der Waals surface area contributed by atoms with Crippen LogP contribution in [0.3, 0.4) is 0 Å². The number of unbranched alkanes of at least 4 members (excludes halogenated alkanes) is 13. The molecule has 0 fully saturated rings. The summed E-state index contributed by atoms with van der Waals surface area (Å²) >= 11 is 0.